The highest BCUT2D eigenvalue weighted by atomic mass is 19.1. The van der Waals surface area contributed by atoms with Crippen LogP contribution in [0.25, 0.3) is 11.0 Å². The van der Waals surface area contributed by atoms with E-state index in [4.69, 9.17) is 0 Å². The maximum Gasteiger partial charge on any atom is 0.155 e. The number of fused-ring (bicyclic) bond motifs is 1. The van der Waals surface area contributed by atoms with Crippen molar-refractivity contribution in [2.24, 2.45) is 0 Å². The number of aromatic nitrogens is 2. The first-order chi connectivity index (χ1) is 14.1. The molecule has 0 spiro atoms. The van der Waals surface area contributed by atoms with Crippen molar-refractivity contribution in [3.8, 4) is 0 Å². The molecule has 6 heteroatoms. The molecule has 0 amide bonds. The predicted molar refractivity (Wildman–Crippen MR) is 117 cm³/mol. The number of hydrogen-bond acceptors (Lipinski definition) is 5. The minimum atomic E-state index is -0.312. The summed E-state index contributed by atoms with van der Waals surface area (Å²) in [5.74, 6) is -0.312. The van der Waals surface area contributed by atoms with Crippen LogP contribution in [-0.2, 0) is 6.54 Å². The Morgan fingerprint density at radius 2 is 1.97 bits per heavy atom. The zero-order valence-electron chi connectivity index (χ0n) is 17.5. The van der Waals surface area contributed by atoms with E-state index < -0.39 is 0 Å². The van der Waals surface area contributed by atoms with Crippen molar-refractivity contribution in [3.63, 3.8) is 0 Å². The number of rotatable bonds is 7. The van der Waals surface area contributed by atoms with Crippen molar-refractivity contribution in [3.05, 3.63) is 71.1 Å². The van der Waals surface area contributed by atoms with Crippen molar-refractivity contribution in [2.45, 2.75) is 33.7 Å². The molecule has 1 fully saturated rings. The normalized spacial score (nSPS) is 16.4. The lowest BCUT2D eigenvalue weighted by Gasteiger charge is -2.33. The molecule has 0 bridgehead atoms. The highest BCUT2D eigenvalue weighted by Gasteiger charge is 2.17. The number of piperazine rings is 1. The van der Waals surface area contributed by atoms with Gasteiger partial charge in [-0.2, -0.15) is 0 Å². The summed E-state index contributed by atoms with van der Waals surface area (Å²) < 4.78 is 14.9. The maximum absolute atomic E-state index is 14.9. The molecule has 1 saturated heterocycles. The Hall–Kier alpha value is -2.73. The van der Waals surface area contributed by atoms with Crippen LogP contribution >= 0.6 is 0 Å². The van der Waals surface area contributed by atoms with E-state index in [0.717, 1.165) is 44.0 Å². The number of benzene rings is 1. The first-order valence-electron chi connectivity index (χ1n) is 10.3. The van der Waals surface area contributed by atoms with Crippen LogP contribution in [0.4, 0.5) is 4.39 Å². The van der Waals surface area contributed by atoms with Gasteiger partial charge in [-0.05, 0) is 32.4 Å². The Kier molecular flexibility index (Phi) is 7.36. The molecule has 5 nitrogen and oxygen atoms in total. The van der Waals surface area contributed by atoms with E-state index in [1.807, 2.05) is 13.0 Å². The quantitative estimate of drug-likeness (QED) is 0.696. The van der Waals surface area contributed by atoms with E-state index in [0.29, 0.717) is 23.1 Å². The summed E-state index contributed by atoms with van der Waals surface area (Å²) in [6, 6.07) is 3.60. The molecule has 1 aliphatic heterocycles. The van der Waals surface area contributed by atoms with Crippen LogP contribution in [0, 0.1) is 5.82 Å². The Labute approximate surface area is 172 Å². The Morgan fingerprint density at radius 1 is 1.21 bits per heavy atom. The van der Waals surface area contributed by atoms with Crippen LogP contribution in [0.1, 0.15) is 32.8 Å². The molecule has 2 N–H and O–H groups in total. The van der Waals surface area contributed by atoms with E-state index in [1.54, 1.807) is 12.3 Å². The maximum atomic E-state index is 14.9. The van der Waals surface area contributed by atoms with Crippen LogP contribution in [-0.4, -0.2) is 41.0 Å². The second kappa shape index (κ2) is 10.2. The molecule has 29 heavy (non-hydrogen) atoms. The van der Waals surface area contributed by atoms with Crippen LogP contribution < -0.4 is 10.6 Å². The molecular weight excluding hydrogens is 365 g/mol. The third kappa shape index (κ3) is 5.21. The second-order valence-electron chi connectivity index (χ2n) is 7.17. The number of halogens is 1. The molecule has 154 valence electrons. The fraction of sp³-hybridized carbons (Fsp3) is 0.391. The number of nitrogens with one attached hydrogen (secondary N) is 2. The molecule has 2 aromatic rings. The fourth-order valence-corrected chi connectivity index (χ4v) is 3.32. The van der Waals surface area contributed by atoms with Gasteiger partial charge in [0.2, 0.25) is 0 Å². The van der Waals surface area contributed by atoms with Crippen molar-refractivity contribution in [1.29, 1.82) is 0 Å². The summed E-state index contributed by atoms with van der Waals surface area (Å²) in [6.45, 7) is 10.5. The van der Waals surface area contributed by atoms with Crippen LogP contribution in [0.15, 0.2) is 59.7 Å². The molecule has 1 aliphatic rings. The van der Waals surface area contributed by atoms with Gasteiger partial charge in [-0.15, -0.1) is 0 Å². The Balaban J connectivity index is 1.83. The minimum absolute atomic E-state index is 0.312. The van der Waals surface area contributed by atoms with Crippen molar-refractivity contribution >= 4 is 11.0 Å². The molecule has 0 unspecified atom stereocenters. The van der Waals surface area contributed by atoms with Gasteiger partial charge in [0.05, 0.1) is 16.9 Å². The highest BCUT2D eigenvalue weighted by molar-refractivity contribution is 5.75. The summed E-state index contributed by atoms with van der Waals surface area (Å²) in [5.41, 5.74) is 4.94. The lowest BCUT2D eigenvalue weighted by atomic mass is 10.1. The number of nitrogens with zero attached hydrogens (tertiary/aromatic N) is 3. The molecule has 0 radical (unpaired) electrons. The smallest absolute Gasteiger partial charge is 0.155 e. The molecule has 1 aromatic heterocycles. The van der Waals surface area contributed by atoms with E-state index in [9.17, 15) is 4.39 Å². The van der Waals surface area contributed by atoms with Gasteiger partial charge in [-0.25, -0.2) is 9.37 Å². The van der Waals surface area contributed by atoms with Crippen LogP contribution in [0.5, 0.6) is 0 Å². The lowest BCUT2D eigenvalue weighted by Crippen LogP contribution is -2.44. The summed E-state index contributed by atoms with van der Waals surface area (Å²) in [7, 11) is 0. The minimum Gasteiger partial charge on any atom is -0.379 e. The van der Waals surface area contributed by atoms with Gasteiger partial charge in [0.1, 0.15) is 5.52 Å². The van der Waals surface area contributed by atoms with Gasteiger partial charge >= 0.3 is 0 Å². The van der Waals surface area contributed by atoms with Gasteiger partial charge in [-0.3, -0.25) is 4.98 Å². The molecule has 0 atom stereocenters. The number of allylic oxidation sites excluding steroid dienone is 4. The van der Waals surface area contributed by atoms with Crippen molar-refractivity contribution in [2.75, 3.05) is 26.2 Å². The summed E-state index contributed by atoms with van der Waals surface area (Å²) >= 11 is 0. The third-order valence-corrected chi connectivity index (χ3v) is 5.23. The first-order valence-corrected chi connectivity index (χ1v) is 10.3. The zero-order chi connectivity index (χ0) is 20.6. The van der Waals surface area contributed by atoms with E-state index in [1.165, 1.54) is 11.8 Å². The summed E-state index contributed by atoms with van der Waals surface area (Å²) in [4.78, 5) is 10.7. The zero-order valence-corrected chi connectivity index (χ0v) is 17.5. The average molecular weight is 396 g/mol. The number of hydrogen-bond donors (Lipinski definition) is 2. The summed E-state index contributed by atoms with van der Waals surface area (Å²) in [5, 5.41) is 6.84. The van der Waals surface area contributed by atoms with Gasteiger partial charge in [0.15, 0.2) is 5.82 Å². The van der Waals surface area contributed by atoms with Gasteiger partial charge in [-0.1, -0.05) is 30.7 Å². The molecule has 1 aromatic carbocycles. The topological polar surface area (TPSA) is 53.1 Å². The molecule has 2 heterocycles. The monoisotopic (exact) mass is 395 g/mol. The molecular formula is C23H30FN5. The van der Waals surface area contributed by atoms with Crippen LogP contribution in [0.2, 0.25) is 0 Å². The van der Waals surface area contributed by atoms with Crippen LogP contribution in [0.3, 0.4) is 0 Å². The fourth-order valence-electron chi connectivity index (χ4n) is 3.32. The predicted octanol–water partition coefficient (Wildman–Crippen LogP) is 3.91. The average Bonchev–Trinajstić information content (AvgIpc) is 2.77. The SMILES string of the molecule is C\C=C(NCc1ccc2nccnc2c1F)/C(=C\C=C(/C)CC)N1CCNCC1. The van der Waals surface area contributed by atoms with E-state index in [-0.39, 0.29) is 5.82 Å². The molecule has 0 aliphatic carbocycles. The van der Waals surface area contributed by atoms with Gasteiger partial charge in [0, 0.05) is 50.7 Å². The molecule has 3 rings (SSSR count). The molecule has 0 saturated carbocycles. The summed E-state index contributed by atoms with van der Waals surface area (Å²) in [6.07, 6.45) is 10.5. The van der Waals surface area contributed by atoms with E-state index >= 15 is 0 Å². The highest BCUT2D eigenvalue weighted by Crippen LogP contribution is 2.20. The Bertz CT molecular complexity index is 926. The standard InChI is InChI=1S/C23H30FN5/c1-4-17(3)6-9-21(29-14-12-25-13-15-29)19(5-2)28-16-18-7-8-20-23(22(18)24)27-11-10-26-20/h5-11,25,28H,4,12-16H2,1-3H3/b17-6+,19-5+,21-9+. The largest absolute Gasteiger partial charge is 0.379 e. The Morgan fingerprint density at radius 3 is 2.69 bits per heavy atom. The third-order valence-electron chi connectivity index (χ3n) is 5.23. The first kappa shape index (κ1) is 21.0. The van der Waals surface area contributed by atoms with Gasteiger partial charge < -0.3 is 15.5 Å². The van der Waals surface area contributed by atoms with Gasteiger partial charge in [0.25, 0.3) is 0 Å². The van der Waals surface area contributed by atoms with Crippen molar-refractivity contribution < 1.29 is 4.39 Å². The van der Waals surface area contributed by atoms with Crippen molar-refractivity contribution in [1.82, 2.24) is 25.5 Å². The second-order valence-corrected chi connectivity index (χ2v) is 7.17. The van der Waals surface area contributed by atoms with E-state index in [2.05, 4.69) is 57.6 Å². The lowest BCUT2D eigenvalue weighted by molar-refractivity contribution is 0.301.